The number of aliphatic hydroxyl groups excluding tert-OH is 1. The number of nitrogens with zero attached hydrogens (tertiary/aromatic N) is 2. The first-order valence-corrected chi connectivity index (χ1v) is 7.67. The maximum Gasteiger partial charge on any atom is 0.182 e. The molecule has 100 valence electrons. The molecule has 1 saturated heterocycles. The van der Waals surface area contributed by atoms with Crippen molar-refractivity contribution in [3.8, 4) is 0 Å². The van der Waals surface area contributed by atoms with Gasteiger partial charge in [0.2, 0.25) is 0 Å². The number of hydrogen-bond donors (Lipinski definition) is 2. The summed E-state index contributed by atoms with van der Waals surface area (Å²) in [7, 11) is 0. The molecule has 2 heterocycles. The van der Waals surface area contributed by atoms with Crippen LogP contribution in [0.2, 0.25) is 0 Å². The van der Waals surface area contributed by atoms with E-state index in [-0.39, 0.29) is 6.10 Å². The lowest BCUT2D eigenvalue weighted by atomic mass is 10.00. The van der Waals surface area contributed by atoms with Crippen molar-refractivity contribution in [2.24, 2.45) is 11.8 Å². The average molecular weight is 267 g/mol. The van der Waals surface area contributed by atoms with Gasteiger partial charge in [0.1, 0.15) is 0 Å². The summed E-state index contributed by atoms with van der Waals surface area (Å²) in [5.41, 5.74) is 0. The van der Waals surface area contributed by atoms with Crippen LogP contribution in [0.3, 0.4) is 0 Å². The van der Waals surface area contributed by atoms with Crippen molar-refractivity contribution >= 4 is 16.5 Å². The lowest BCUT2D eigenvalue weighted by Gasteiger charge is -2.16. The Morgan fingerprint density at radius 1 is 1.50 bits per heavy atom. The molecule has 0 aromatic carbocycles. The fourth-order valence-electron chi connectivity index (χ4n) is 3.29. The van der Waals surface area contributed by atoms with E-state index in [1.54, 1.807) is 11.3 Å². The van der Waals surface area contributed by atoms with Gasteiger partial charge < -0.3 is 10.4 Å². The van der Waals surface area contributed by atoms with Crippen molar-refractivity contribution in [1.29, 1.82) is 0 Å². The van der Waals surface area contributed by atoms with Gasteiger partial charge in [-0.05, 0) is 25.7 Å². The maximum absolute atomic E-state index is 9.91. The van der Waals surface area contributed by atoms with Crippen molar-refractivity contribution in [3.63, 3.8) is 0 Å². The number of hydrogen-bond acceptors (Lipinski definition) is 5. The van der Waals surface area contributed by atoms with Gasteiger partial charge in [0.15, 0.2) is 5.13 Å². The molecule has 0 spiro atoms. The molecule has 2 aliphatic rings. The van der Waals surface area contributed by atoms with Gasteiger partial charge >= 0.3 is 0 Å². The number of aromatic nitrogens is 1. The van der Waals surface area contributed by atoms with Gasteiger partial charge in [-0.25, -0.2) is 4.98 Å². The summed E-state index contributed by atoms with van der Waals surface area (Å²) >= 11 is 1.75. The number of nitrogens with one attached hydrogen (secondary N) is 1. The molecule has 0 amide bonds. The van der Waals surface area contributed by atoms with Crippen molar-refractivity contribution in [3.05, 3.63) is 11.1 Å². The second-order valence-electron chi connectivity index (χ2n) is 5.42. The highest BCUT2D eigenvalue weighted by Crippen LogP contribution is 2.38. The molecule has 3 unspecified atom stereocenters. The molecule has 1 aliphatic heterocycles. The van der Waals surface area contributed by atoms with E-state index in [0.29, 0.717) is 5.92 Å². The molecule has 0 bridgehead atoms. The minimum atomic E-state index is -0.0567. The highest BCUT2D eigenvalue weighted by atomic mass is 32.1. The van der Waals surface area contributed by atoms with Gasteiger partial charge in [-0.3, -0.25) is 4.90 Å². The third-order valence-corrected chi connectivity index (χ3v) is 5.10. The Morgan fingerprint density at radius 2 is 2.39 bits per heavy atom. The van der Waals surface area contributed by atoms with E-state index < -0.39 is 0 Å². The summed E-state index contributed by atoms with van der Waals surface area (Å²) in [6, 6.07) is 0. The Bertz CT molecular complexity index is 409. The molecule has 4 nitrogen and oxygen atoms in total. The van der Waals surface area contributed by atoms with Gasteiger partial charge in [0, 0.05) is 43.2 Å². The molecule has 1 aromatic heterocycles. The van der Waals surface area contributed by atoms with Crippen molar-refractivity contribution < 1.29 is 5.11 Å². The summed E-state index contributed by atoms with van der Waals surface area (Å²) in [4.78, 5) is 8.16. The van der Waals surface area contributed by atoms with Crippen LogP contribution in [-0.2, 0) is 6.54 Å². The smallest absolute Gasteiger partial charge is 0.182 e. The number of thiazole rings is 1. The maximum atomic E-state index is 9.91. The van der Waals surface area contributed by atoms with Crippen molar-refractivity contribution in [2.75, 3.05) is 25.0 Å². The lowest BCUT2D eigenvalue weighted by Crippen LogP contribution is -2.24. The zero-order chi connectivity index (χ0) is 12.5. The number of anilines is 1. The van der Waals surface area contributed by atoms with Crippen LogP contribution in [-0.4, -0.2) is 40.7 Å². The molecular formula is C13H21N3OS. The molecule has 0 radical (unpaired) electrons. The van der Waals surface area contributed by atoms with Gasteiger partial charge in [-0.15, -0.1) is 11.3 Å². The summed E-state index contributed by atoms with van der Waals surface area (Å²) in [5, 5.41) is 14.2. The van der Waals surface area contributed by atoms with Crippen LogP contribution in [0.15, 0.2) is 6.20 Å². The highest BCUT2D eigenvalue weighted by molar-refractivity contribution is 7.15. The normalized spacial score (nSPS) is 31.8. The second-order valence-corrected chi connectivity index (χ2v) is 6.54. The number of aliphatic hydroxyl groups is 1. The van der Waals surface area contributed by atoms with E-state index in [0.717, 1.165) is 43.6 Å². The van der Waals surface area contributed by atoms with Crippen molar-refractivity contribution in [2.45, 2.75) is 32.4 Å². The Balaban J connectivity index is 1.57. The SMILES string of the molecule is CCNc1ncc(CN2CC3CCC(O)C3C2)s1. The summed E-state index contributed by atoms with van der Waals surface area (Å²) in [5.74, 6) is 1.24. The van der Waals surface area contributed by atoms with Crippen LogP contribution >= 0.6 is 11.3 Å². The number of rotatable bonds is 4. The molecule has 1 aromatic rings. The van der Waals surface area contributed by atoms with Gasteiger partial charge in [0.25, 0.3) is 0 Å². The molecule has 5 heteroatoms. The van der Waals surface area contributed by atoms with Gasteiger partial charge in [0.05, 0.1) is 6.10 Å². The summed E-state index contributed by atoms with van der Waals surface area (Å²) in [6.07, 6.45) is 4.13. The molecule has 18 heavy (non-hydrogen) atoms. The van der Waals surface area contributed by atoms with E-state index in [2.05, 4.69) is 22.1 Å². The van der Waals surface area contributed by atoms with Crippen LogP contribution in [0.1, 0.15) is 24.6 Å². The summed E-state index contributed by atoms with van der Waals surface area (Å²) < 4.78 is 0. The van der Waals surface area contributed by atoms with E-state index >= 15 is 0 Å². The standard InChI is InChI=1S/C13H21N3OS/c1-2-14-13-15-5-10(18-13)7-16-6-9-3-4-12(17)11(9)8-16/h5,9,11-12,17H,2-4,6-8H2,1H3,(H,14,15). The average Bonchev–Trinajstić information content (AvgIpc) is 3.00. The van der Waals surface area contributed by atoms with Crippen LogP contribution in [0.5, 0.6) is 0 Å². The van der Waals surface area contributed by atoms with Crippen LogP contribution in [0.4, 0.5) is 5.13 Å². The first-order chi connectivity index (χ1) is 8.76. The zero-order valence-corrected chi connectivity index (χ0v) is 11.6. The predicted molar refractivity (Wildman–Crippen MR) is 73.8 cm³/mol. The number of likely N-dealkylation sites (tertiary alicyclic amines) is 1. The quantitative estimate of drug-likeness (QED) is 0.873. The van der Waals surface area contributed by atoms with Crippen LogP contribution in [0.25, 0.3) is 0 Å². The molecule has 2 fully saturated rings. The summed E-state index contributed by atoms with van der Waals surface area (Å²) in [6.45, 7) is 6.20. The van der Waals surface area contributed by atoms with E-state index in [9.17, 15) is 5.11 Å². The minimum absolute atomic E-state index is 0.0567. The largest absolute Gasteiger partial charge is 0.393 e. The first-order valence-electron chi connectivity index (χ1n) is 6.85. The van der Waals surface area contributed by atoms with E-state index in [1.165, 1.54) is 11.3 Å². The highest BCUT2D eigenvalue weighted by Gasteiger charge is 2.41. The fourth-order valence-corrected chi connectivity index (χ4v) is 4.21. The molecule has 1 aliphatic carbocycles. The fraction of sp³-hybridized carbons (Fsp3) is 0.769. The van der Waals surface area contributed by atoms with Gasteiger partial charge in [-0.2, -0.15) is 0 Å². The van der Waals surface area contributed by atoms with E-state index in [1.807, 2.05) is 6.20 Å². The zero-order valence-electron chi connectivity index (χ0n) is 10.8. The van der Waals surface area contributed by atoms with Gasteiger partial charge in [-0.1, -0.05) is 0 Å². The van der Waals surface area contributed by atoms with Crippen LogP contribution < -0.4 is 5.32 Å². The Morgan fingerprint density at radius 3 is 3.17 bits per heavy atom. The topological polar surface area (TPSA) is 48.4 Å². The molecule has 1 saturated carbocycles. The third-order valence-electron chi connectivity index (χ3n) is 4.16. The van der Waals surface area contributed by atoms with E-state index in [4.69, 9.17) is 0 Å². The molecule has 2 N–H and O–H groups in total. The number of fused-ring (bicyclic) bond motifs is 1. The Kier molecular flexibility index (Phi) is 3.54. The van der Waals surface area contributed by atoms with Crippen molar-refractivity contribution in [1.82, 2.24) is 9.88 Å². The molecule has 3 rings (SSSR count). The minimum Gasteiger partial charge on any atom is -0.393 e. The second kappa shape index (κ2) is 5.15. The Labute approximate surface area is 112 Å². The molecule has 3 atom stereocenters. The third kappa shape index (κ3) is 2.39. The predicted octanol–water partition coefficient (Wildman–Crippen LogP) is 1.78. The Hall–Kier alpha value is -0.650. The monoisotopic (exact) mass is 267 g/mol. The first kappa shape index (κ1) is 12.4. The lowest BCUT2D eigenvalue weighted by molar-refractivity contribution is 0.123. The van der Waals surface area contributed by atoms with Crippen LogP contribution in [0, 0.1) is 11.8 Å². The molecular weight excluding hydrogens is 246 g/mol.